The zero-order valence-corrected chi connectivity index (χ0v) is 17.2. The van der Waals surface area contributed by atoms with Crippen molar-refractivity contribution in [2.75, 3.05) is 12.1 Å². The number of carbonyl (C=O) groups is 1. The lowest BCUT2D eigenvalue weighted by atomic mass is 10.1. The molecule has 8 nitrogen and oxygen atoms in total. The second-order valence-electron chi connectivity index (χ2n) is 7.05. The number of nitrogens with zero attached hydrogens (tertiary/aromatic N) is 3. The quantitative estimate of drug-likeness (QED) is 0.494. The molecule has 2 aromatic carbocycles. The first-order chi connectivity index (χ1) is 15.0. The predicted molar refractivity (Wildman–Crippen MR) is 114 cm³/mol. The average Bonchev–Trinajstić information content (AvgIpc) is 3.49. The molecule has 0 radical (unpaired) electrons. The fraction of sp³-hybridized carbons (Fsp3) is 0.136. The van der Waals surface area contributed by atoms with Crippen LogP contribution >= 0.6 is 11.6 Å². The Hall–Kier alpha value is -3.78. The minimum atomic E-state index is -0.410. The van der Waals surface area contributed by atoms with Gasteiger partial charge in [0.05, 0.1) is 6.54 Å². The predicted octanol–water partition coefficient (Wildman–Crippen LogP) is 4.53. The van der Waals surface area contributed by atoms with Crippen molar-refractivity contribution < 1.29 is 18.8 Å². The van der Waals surface area contributed by atoms with Crippen molar-refractivity contribution in [3.8, 4) is 22.8 Å². The molecule has 0 fully saturated rings. The van der Waals surface area contributed by atoms with Gasteiger partial charge in [0, 0.05) is 28.4 Å². The molecule has 0 saturated heterocycles. The van der Waals surface area contributed by atoms with E-state index in [0.717, 1.165) is 16.8 Å². The van der Waals surface area contributed by atoms with Crippen molar-refractivity contribution in [3.05, 3.63) is 76.6 Å². The Morgan fingerprint density at radius 2 is 1.90 bits per heavy atom. The van der Waals surface area contributed by atoms with Gasteiger partial charge in [-0.15, -0.1) is 0 Å². The van der Waals surface area contributed by atoms with Gasteiger partial charge >= 0.3 is 0 Å². The molecule has 0 aliphatic carbocycles. The van der Waals surface area contributed by atoms with Gasteiger partial charge in [-0.1, -0.05) is 28.9 Å². The summed E-state index contributed by atoms with van der Waals surface area (Å²) in [7, 11) is 0. The van der Waals surface area contributed by atoms with Crippen LogP contribution in [-0.4, -0.2) is 27.6 Å². The molecule has 3 heterocycles. The van der Waals surface area contributed by atoms with Gasteiger partial charge in [0.25, 0.3) is 5.91 Å². The van der Waals surface area contributed by atoms with Gasteiger partial charge in [0.15, 0.2) is 28.8 Å². The van der Waals surface area contributed by atoms with Crippen molar-refractivity contribution in [2.24, 2.45) is 0 Å². The topological polar surface area (TPSA) is 91.4 Å². The van der Waals surface area contributed by atoms with E-state index < -0.39 is 5.91 Å². The first-order valence-corrected chi connectivity index (χ1v) is 9.90. The molecule has 0 spiro atoms. The number of rotatable bonds is 5. The summed E-state index contributed by atoms with van der Waals surface area (Å²) in [5, 5.41) is 11.8. The lowest BCUT2D eigenvalue weighted by molar-refractivity contribution is 0.101. The number of carbonyl (C=O) groups excluding carboxylic acids is 1. The van der Waals surface area contributed by atoms with Gasteiger partial charge < -0.3 is 19.3 Å². The fourth-order valence-corrected chi connectivity index (χ4v) is 3.37. The highest BCUT2D eigenvalue weighted by molar-refractivity contribution is 6.30. The molecule has 9 heteroatoms. The van der Waals surface area contributed by atoms with Crippen molar-refractivity contribution in [2.45, 2.75) is 13.5 Å². The van der Waals surface area contributed by atoms with Crippen LogP contribution in [0.25, 0.3) is 11.3 Å². The molecule has 31 heavy (non-hydrogen) atoms. The van der Waals surface area contributed by atoms with Gasteiger partial charge in [-0.05, 0) is 42.8 Å². The highest BCUT2D eigenvalue weighted by atomic mass is 35.5. The molecule has 0 saturated carbocycles. The second-order valence-corrected chi connectivity index (χ2v) is 7.49. The van der Waals surface area contributed by atoms with Crippen LogP contribution in [0.4, 0.5) is 5.82 Å². The summed E-state index contributed by atoms with van der Waals surface area (Å²) in [5.41, 5.74) is 2.85. The Kier molecular flexibility index (Phi) is 4.83. The molecule has 0 unspecified atom stereocenters. The smallest absolute Gasteiger partial charge is 0.279 e. The van der Waals surface area contributed by atoms with E-state index in [2.05, 4.69) is 15.6 Å². The van der Waals surface area contributed by atoms with E-state index in [1.165, 1.54) is 0 Å². The van der Waals surface area contributed by atoms with E-state index >= 15 is 0 Å². The van der Waals surface area contributed by atoms with Gasteiger partial charge in [0.1, 0.15) is 0 Å². The zero-order chi connectivity index (χ0) is 21.4. The van der Waals surface area contributed by atoms with Crippen molar-refractivity contribution in [1.82, 2.24) is 14.9 Å². The van der Waals surface area contributed by atoms with Gasteiger partial charge in [-0.25, -0.2) is 0 Å². The molecule has 1 N–H and O–H groups in total. The molecule has 1 aliphatic heterocycles. The van der Waals surface area contributed by atoms with Gasteiger partial charge in [0.2, 0.25) is 6.79 Å². The summed E-state index contributed by atoms with van der Waals surface area (Å²) < 4.78 is 17.8. The van der Waals surface area contributed by atoms with Crippen LogP contribution in [0.5, 0.6) is 11.5 Å². The number of benzene rings is 2. The summed E-state index contributed by atoms with van der Waals surface area (Å²) in [6, 6.07) is 16.3. The second kappa shape index (κ2) is 7.81. The number of nitrogens with one attached hydrogen (secondary N) is 1. The zero-order valence-electron chi connectivity index (χ0n) is 16.5. The standard InChI is InChI=1S/C22H17ClN4O4/c1-13-8-21(25-27(13)11-14-2-5-16(23)6-3-14)24-22(28)17-10-19(31-26-17)15-4-7-18-20(9-15)30-12-29-18/h2-10H,11-12H2,1H3,(H,24,25,28). The molecule has 5 rings (SSSR count). The average molecular weight is 437 g/mol. The molecular formula is C22H17ClN4O4. The van der Waals surface area contributed by atoms with E-state index in [1.54, 1.807) is 28.9 Å². The highest BCUT2D eigenvalue weighted by Gasteiger charge is 2.19. The summed E-state index contributed by atoms with van der Waals surface area (Å²) in [6.07, 6.45) is 0. The number of anilines is 1. The minimum absolute atomic E-state index is 0.151. The van der Waals surface area contributed by atoms with Crippen molar-refractivity contribution >= 4 is 23.3 Å². The molecular weight excluding hydrogens is 420 g/mol. The largest absolute Gasteiger partial charge is 0.454 e. The number of hydrogen-bond acceptors (Lipinski definition) is 6. The maximum atomic E-state index is 12.6. The summed E-state index contributed by atoms with van der Waals surface area (Å²) in [4.78, 5) is 12.6. The maximum Gasteiger partial charge on any atom is 0.279 e. The number of amides is 1. The molecule has 4 aromatic rings. The first-order valence-electron chi connectivity index (χ1n) is 9.52. The normalized spacial score (nSPS) is 12.2. The third kappa shape index (κ3) is 3.97. The highest BCUT2D eigenvalue weighted by Crippen LogP contribution is 2.36. The van der Waals surface area contributed by atoms with E-state index in [9.17, 15) is 4.79 Å². The monoisotopic (exact) mass is 436 g/mol. The Bertz CT molecular complexity index is 1260. The van der Waals surface area contributed by atoms with Gasteiger partial charge in [-0.3, -0.25) is 9.48 Å². The Labute approximate surface area is 182 Å². The Morgan fingerprint density at radius 3 is 2.74 bits per heavy atom. The summed E-state index contributed by atoms with van der Waals surface area (Å²) in [5.74, 6) is 1.77. The first kappa shape index (κ1) is 19.2. The van der Waals surface area contributed by atoms with Crippen molar-refractivity contribution in [3.63, 3.8) is 0 Å². The summed E-state index contributed by atoms with van der Waals surface area (Å²) >= 11 is 5.94. The minimum Gasteiger partial charge on any atom is -0.454 e. The van der Waals surface area contributed by atoms with Crippen LogP contribution in [0.1, 0.15) is 21.7 Å². The number of aryl methyl sites for hydroxylation is 1. The van der Waals surface area contributed by atoms with Crippen LogP contribution < -0.4 is 14.8 Å². The molecule has 156 valence electrons. The van der Waals surface area contributed by atoms with Gasteiger partial charge in [-0.2, -0.15) is 5.10 Å². The molecule has 0 bridgehead atoms. The third-order valence-electron chi connectivity index (χ3n) is 4.87. The van der Waals surface area contributed by atoms with Crippen LogP contribution in [0, 0.1) is 6.92 Å². The number of aromatic nitrogens is 3. The van der Waals surface area contributed by atoms with Crippen LogP contribution in [0.2, 0.25) is 5.02 Å². The Balaban J connectivity index is 1.29. The summed E-state index contributed by atoms with van der Waals surface area (Å²) in [6.45, 7) is 2.68. The lowest BCUT2D eigenvalue weighted by Gasteiger charge is -2.04. The van der Waals surface area contributed by atoms with Crippen LogP contribution in [-0.2, 0) is 6.54 Å². The van der Waals surface area contributed by atoms with E-state index in [1.807, 2.05) is 37.3 Å². The fourth-order valence-electron chi connectivity index (χ4n) is 3.24. The van der Waals surface area contributed by atoms with E-state index in [0.29, 0.717) is 34.6 Å². The SMILES string of the molecule is Cc1cc(NC(=O)c2cc(-c3ccc4c(c3)OCO4)on2)nn1Cc1ccc(Cl)cc1. The van der Waals surface area contributed by atoms with Crippen molar-refractivity contribution in [1.29, 1.82) is 0 Å². The molecule has 1 aliphatic rings. The van der Waals surface area contributed by atoms with Crippen LogP contribution in [0.15, 0.2) is 59.1 Å². The van der Waals surface area contributed by atoms with E-state index in [-0.39, 0.29) is 12.5 Å². The van der Waals surface area contributed by atoms with E-state index in [4.69, 9.17) is 25.6 Å². The maximum absolute atomic E-state index is 12.6. The number of fused-ring (bicyclic) bond motifs is 1. The number of ether oxygens (including phenoxy) is 2. The number of halogens is 1. The third-order valence-corrected chi connectivity index (χ3v) is 5.12. The molecule has 2 aromatic heterocycles. The molecule has 0 atom stereocenters. The number of hydrogen-bond donors (Lipinski definition) is 1. The van der Waals surface area contributed by atoms with Crippen LogP contribution in [0.3, 0.4) is 0 Å². The Morgan fingerprint density at radius 1 is 1.10 bits per heavy atom. The molecule has 1 amide bonds. The lowest BCUT2D eigenvalue weighted by Crippen LogP contribution is -2.13.